The van der Waals surface area contributed by atoms with E-state index < -0.39 is 11.6 Å². The number of benzene rings is 2. The predicted molar refractivity (Wildman–Crippen MR) is 136 cm³/mol. The zero-order valence-electron chi connectivity index (χ0n) is 19.7. The van der Waals surface area contributed by atoms with E-state index >= 15 is 0 Å². The first-order valence-electron chi connectivity index (χ1n) is 11.6. The van der Waals surface area contributed by atoms with Crippen molar-refractivity contribution >= 4 is 34.4 Å². The van der Waals surface area contributed by atoms with E-state index in [2.05, 4.69) is 16.5 Å². The summed E-state index contributed by atoms with van der Waals surface area (Å²) >= 11 is 6.49. The molecule has 0 radical (unpaired) electrons. The molecule has 0 spiro atoms. The van der Waals surface area contributed by atoms with Crippen LogP contribution in [0.25, 0.3) is 22.3 Å². The van der Waals surface area contributed by atoms with Gasteiger partial charge >= 0.3 is 0 Å². The number of fused-ring (bicyclic) bond motifs is 1. The molecule has 1 aliphatic rings. The molecule has 2 aromatic carbocycles. The van der Waals surface area contributed by atoms with Crippen LogP contribution in [0.3, 0.4) is 0 Å². The average molecular weight is 525 g/mol. The Morgan fingerprint density at radius 1 is 1.24 bits per heavy atom. The van der Waals surface area contributed by atoms with Crippen LogP contribution < -0.4 is 10.5 Å². The second-order valence-electron chi connectivity index (χ2n) is 8.70. The molecular weight excluding hydrogens is 502 g/mol. The lowest BCUT2D eigenvalue weighted by molar-refractivity contribution is -0.127. The Labute approximate surface area is 216 Å². The number of likely N-dealkylation sites (tertiary alicyclic amines) is 1. The summed E-state index contributed by atoms with van der Waals surface area (Å²) in [5.74, 6) is -0.695. The minimum atomic E-state index is -0.572. The van der Waals surface area contributed by atoms with Gasteiger partial charge in [-0.2, -0.15) is 5.10 Å². The van der Waals surface area contributed by atoms with Gasteiger partial charge in [-0.3, -0.25) is 4.79 Å². The number of hydrogen-bond acceptors (Lipinski definition) is 6. The van der Waals surface area contributed by atoms with Crippen LogP contribution in [-0.4, -0.2) is 43.6 Å². The van der Waals surface area contributed by atoms with Gasteiger partial charge in [0.2, 0.25) is 5.91 Å². The molecule has 2 aromatic heterocycles. The highest BCUT2D eigenvalue weighted by atomic mass is 35.5. The smallest absolute Gasteiger partial charge is 0.246 e. The molecule has 0 saturated carbocycles. The van der Waals surface area contributed by atoms with E-state index in [0.29, 0.717) is 41.1 Å². The topological polar surface area (TPSA) is 99.2 Å². The van der Waals surface area contributed by atoms with E-state index in [-0.39, 0.29) is 35.0 Å². The highest BCUT2D eigenvalue weighted by molar-refractivity contribution is 6.32. The monoisotopic (exact) mass is 524 g/mol. The third-order valence-electron chi connectivity index (χ3n) is 6.34. The molecular formula is C26H23ClF2N6O2. The van der Waals surface area contributed by atoms with E-state index in [4.69, 9.17) is 27.2 Å². The summed E-state index contributed by atoms with van der Waals surface area (Å²) in [7, 11) is 0. The lowest BCUT2D eigenvalue weighted by Crippen LogP contribution is -2.40. The highest BCUT2D eigenvalue weighted by Crippen LogP contribution is 2.37. The maximum Gasteiger partial charge on any atom is 0.246 e. The van der Waals surface area contributed by atoms with Gasteiger partial charge in [-0.15, -0.1) is 0 Å². The summed E-state index contributed by atoms with van der Waals surface area (Å²) in [6.45, 7) is 4.51. The van der Waals surface area contributed by atoms with Crippen LogP contribution in [0.4, 0.5) is 14.6 Å². The van der Waals surface area contributed by atoms with E-state index in [1.54, 1.807) is 27.8 Å². The molecule has 1 aliphatic heterocycles. The molecule has 11 heteroatoms. The third kappa shape index (κ3) is 4.84. The summed E-state index contributed by atoms with van der Waals surface area (Å²) in [6.07, 6.45) is 4.31. The van der Waals surface area contributed by atoms with E-state index in [1.165, 1.54) is 12.4 Å². The SMILES string of the molecule is C=CC(=O)N1CCC[C@@H](n2nc(-c3ccc(OCc4cc(F)ccc4F)c(Cl)c3)c3c(N)ncnc32)C1. The van der Waals surface area contributed by atoms with Crippen molar-refractivity contribution in [3.05, 3.63) is 77.6 Å². The Bertz CT molecular complexity index is 1510. The molecule has 1 amide bonds. The normalized spacial score (nSPS) is 15.6. The van der Waals surface area contributed by atoms with Gasteiger partial charge in [0.05, 0.1) is 16.5 Å². The summed E-state index contributed by atoms with van der Waals surface area (Å²) in [5.41, 5.74) is 8.04. The first-order chi connectivity index (χ1) is 17.9. The standard InChI is InChI=1S/C26H23ClF2N6O2/c1-2-22(36)34-9-3-4-18(12-34)35-26-23(25(30)31-14-32-26)24(33-35)15-5-8-21(19(27)11-15)37-13-16-10-17(28)6-7-20(16)29/h2,5-8,10-11,14,18H,1,3-4,9,12-13H2,(H2,30,31,32)/t18-/m1/s1. The molecule has 5 rings (SSSR count). The van der Waals surface area contributed by atoms with Crippen LogP contribution in [-0.2, 0) is 11.4 Å². The minimum Gasteiger partial charge on any atom is -0.487 e. The number of carbonyl (C=O) groups excluding carboxylic acids is 1. The number of anilines is 1. The zero-order valence-corrected chi connectivity index (χ0v) is 20.5. The predicted octanol–water partition coefficient (Wildman–Crippen LogP) is 4.94. The lowest BCUT2D eigenvalue weighted by atomic mass is 10.1. The quantitative estimate of drug-likeness (QED) is 0.359. The second-order valence-corrected chi connectivity index (χ2v) is 9.11. The lowest BCUT2D eigenvalue weighted by Gasteiger charge is -2.32. The number of nitrogens with two attached hydrogens (primary N) is 1. The number of hydrogen-bond donors (Lipinski definition) is 1. The zero-order chi connectivity index (χ0) is 26.1. The Hall–Kier alpha value is -4.05. The number of carbonyl (C=O) groups is 1. The Morgan fingerprint density at radius 3 is 2.86 bits per heavy atom. The first kappa shape index (κ1) is 24.6. The van der Waals surface area contributed by atoms with E-state index in [1.807, 2.05) is 0 Å². The van der Waals surface area contributed by atoms with Crippen LogP contribution in [0.1, 0.15) is 24.4 Å². The van der Waals surface area contributed by atoms with Gasteiger partial charge < -0.3 is 15.4 Å². The summed E-state index contributed by atoms with van der Waals surface area (Å²) in [6, 6.07) is 8.09. The Balaban J connectivity index is 1.47. The molecule has 2 N–H and O–H groups in total. The van der Waals surface area contributed by atoms with Gasteiger partial charge in [0, 0.05) is 24.2 Å². The number of halogens is 3. The van der Waals surface area contributed by atoms with Gasteiger partial charge in [0.25, 0.3) is 0 Å². The first-order valence-corrected chi connectivity index (χ1v) is 12.0. The van der Waals surface area contributed by atoms with Crippen molar-refractivity contribution in [3.8, 4) is 17.0 Å². The van der Waals surface area contributed by atoms with Crippen molar-refractivity contribution in [1.82, 2.24) is 24.6 Å². The fourth-order valence-corrected chi connectivity index (χ4v) is 4.75. The fourth-order valence-electron chi connectivity index (χ4n) is 4.51. The molecule has 8 nitrogen and oxygen atoms in total. The molecule has 37 heavy (non-hydrogen) atoms. The van der Waals surface area contributed by atoms with Gasteiger partial charge in [-0.25, -0.2) is 23.4 Å². The number of aromatic nitrogens is 4. The number of nitrogens with zero attached hydrogens (tertiary/aromatic N) is 5. The fraction of sp³-hybridized carbons (Fsp3) is 0.231. The molecule has 190 valence electrons. The maximum atomic E-state index is 13.9. The van der Waals surface area contributed by atoms with Gasteiger partial charge in [0.15, 0.2) is 5.65 Å². The number of amides is 1. The molecule has 0 aliphatic carbocycles. The van der Waals surface area contributed by atoms with Gasteiger partial charge in [-0.05, 0) is 55.3 Å². The largest absolute Gasteiger partial charge is 0.487 e. The Kier molecular flexibility index (Phi) is 6.75. The molecule has 0 bridgehead atoms. The van der Waals surface area contributed by atoms with Crippen molar-refractivity contribution in [2.24, 2.45) is 0 Å². The minimum absolute atomic E-state index is 0.0752. The highest BCUT2D eigenvalue weighted by Gasteiger charge is 2.28. The summed E-state index contributed by atoms with van der Waals surface area (Å²) < 4.78 is 34.9. The van der Waals surface area contributed by atoms with Crippen LogP contribution in [0, 0.1) is 11.6 Å². The summed E-state index contributed by atoms with van der Waals surface area (Å²) in [4.78, 5) is 22.5. The number of rotatable bonds is 6. The number of nitrogen functional groups attached to an aromatic ring is 1. The van der Waals surface area contributed by atoms with Gasteiger partial charge in [-0.1, -0.05) is 18.2 Å². The van der Waals surface area contributed by atoms with Crippen molar-refractivity contribution in [2.75, 3.05) is 18.8 Å². The molecule has 0 unspecified atom stereocenters. The van der Waals surface area contributed by atoms with Crippen molar-refractivity contribution in [1.29, 1.82) is 0 Å². The third-order valence-corrected chi connectivity index (χ3v) is 6.64. The van der Waals surface area contributed by atoms with E-state index in [0.717, 1.165) is 31.0 Å². The number of ether oxygens (including phenoxy) is 1. The van der Waals surface area contributed by atoms with Crippen LogP contribution in [0.2, 0.25) is 5.02 Å². The molecule has 4 aromatic rings. The second kappa shape index (κ2) is 10.1. The number of piperidine rings is 1. The average Bonchev–Trinajstić information content (AvgIpc) is 3.30. The molecule has 3 heterocycles. The van der Waals surface area contributed by atoms with Gasteiger partial charge in [0.1, 0.15) is 41.8 Å². The van der Waals surface area contributed by atoms with Crippen molar-refractivity contribution in [3.63, 3.8) is 0 Å². The Morgan fingerprint density at radius 2 is 2.08 bits per heavy atom. The molecule has 1 fully saturated rings. The van der Waals surface area contributed by atoms with Crippen LogP contribution >= 0.6 is 11.6 Å². The van der Waals surface area contributed by atoms with E-state index in [9.17, 15) is 13.6 Å². The van der Waals surface area contributed by atoms with Crippen LogP contribution in [0.15, 0.2) is 55.4 Å². The molecule has 1 atom stereocenters. The molecule has 1 saturated heterocycles. The maximum absolute atomic E-state index is 13.9. The van der Waals surface area contributed by atoms with Crippen molar-refractivity contribution in [2.45, 2.75) is 25.5 Å². The van der Waals surface area contributed by atoms with Crippen LogP contribution in [0.5, 0.6) is 5.75 Å². The summed E-state index contributed by atoms with van der Waals surface area (Å²) in [5, 5.41) is 5.66. The van der Waals surface area contributed by atoms with Crippen molar-refractivity contribution < 1.29 is 18.3 Å².